The van der Waals surface area contributed by atoms with Gasteiger partial charge >= 0.3 is 0 Å². The van der Waals surface area contributed by atoms with Crippen LogP contribution in [0.4, 0.5) is 4.39 Å². The van der Waals surface area contributed by atoms with E-state index in [9.17, 15) is 9.18 Å². The van der Waals surface area contributed by atoms with Crippen LogP contribution in [0.5, 0.6) is 6.01 Å². The zero-order valence-electron chi connectivity index (χ0n) is 14.6. The Hall–Kier alpha value is -1.95. The summed E-state index contributed by atoms with van der Waals surface area (Å²) in [5.74, 6) is 0. The highest BCUT2D eigenvalue weighted by Gasteiger charge is 2.47. The van der Waals surface area contributed by atoms with E-state index in [4.69, 9.17) is 9.15 Å². The minimum absolute atomic E-state index is 0.119. The summed E-state index contributed by atoms with van der Waals surface area (Å²) in [4.78, 5) is 21.9. The van der Waals surface area contributed by atoms with Crippen molar-refractivity contribution >= 4 is 44.8 Å². The van der Waals surface area contributed by atoms with Gasteiger partial charge in [0.1, 0.15) is 17.5 Å². The van der Waals surface area contributed by atoms with Gasteiger partial charge in [0.15, 0.2) is 9.28 Å². The molecule has 0 aliphatic carbocycles. The van der Waals surface area contributed by atoms with E-state index < -0.39 is 0 Å². The molecular weight excluding hydrogens is 468 g/mol. The van der Waals surface area contributed by atoms with Gasteiger partial charge in [-0.25, -0.2) is 4.39 Å². The van der Waals surface area contributed by atoms with Crippen molar-refractivity contribution in [2.45, 2.75) is 24.8 Å². The molecule has 5 rings (SSSR count). The van der Waals surface area contributed by atoms with E-state index in [0.717, 1.165) is 25.0 Å². The first-order valence-electron chi connectivity index (χ1n) is 8.72. The minimum atomic E-state index is -0.329. The third-order valence-electron chi connectivity index (χ3n) is 5.59. The average molecular weight is 485 g/mol. The number of furan rings is 1. The van der Waals surface area contributed by atoms with E-state index in [1.807, 2.05) is 0 Å². The SMILES string of the molecule is Cn1nc(I)c2oc3nc(OC[C@@]45CCCN4C/C(=C\F)C5)[nH]c(=O)c3c21. The smallest absolute Gasteiger partial charge is 0.299 e. The van der Waals surface area contributed by atoms with Crippen molar-refractivity contribution < 1.29 is 13.5 Å². The fourth-order valence-corrected chi connectivity index (χ4v) is 5.06. The van der Waals surface area contributed by atoms with Gasteiger partial charge in [-0.1, -0.05) is 0 Å². The van der Waals surface area contributed by atoms with E-state index in [2.05, 4.69) is 42.6 Å². The summed E-state index contributed by atoms with van der Waals surface area (Å²) < 4.78 is 26.9. The Bertz CT molecular complexity index is 1150. The summed E-state index contributed by atoms with van der Waals surface area (Å²) in [5, 5.41) is 4.62. The number of H-pyrrole nitrogens is 1. The highest BCUT2D eigenvalue weighted by molar-refractivity contribution is 14.1. The predicted octanol–water partition coefficient (Wildman–Crippen LogP) is 2.48. The van der Waals surface area contributed by atoms with Crippen LogP contribution in [0.25, 0.3) is 22.2 Å². The molecule has 10 heteroatoms. The van der Waals surface area contributed by atoms with Gasteiger partial charge in [0.05, 0.1) is 11.9 Å². The molecule has 0 aromatic carbocycles. The molecule has 27 heavy (non-hydrogen) atoms. The lowest BCUT2D eigenvalue weighted by atomic mass is 9.94. The number of ether oxygens (including phenoxy) is 1. The molecule has 0 saturated carbocycles. The number of nitrogens with one attached hydrogen (secondary N) is 1. The number of hydrogen-bond acceptors (Lipinski definition) is 6. The summed E-state index contributed by atoms with van der Waals surface area (Å²) in [6.07, 6.45) is 3.34. The molecular formula is C17H17FIN5O3. The fraction of sp³-hybridized carbons (Fsp3) is 0.471. The van der Waals surface area contributed by atoms with Crippen LogP contribution in [0.2, 0.25) is 0 Å². The van der Waals surface area contributed by atoms with E-state index in [-0.39, 0.29) is 22.8 Å². The minimum Gasteiger partial charge on any atom is -0.463 e. The number of halogens is 2. The first kappa shape index (κ1) is 17.2. The second kappa shape index (κ2) is 6.03. The van der Waals surface area contributed by atoms with Crippen LogP contribution in [0.1, 0.15) is 19.3 Å². The topological polar surface area (TPSA) is 89.2 Å². The second-order valence-electron chi connectivity index (χ2n) is 7.23. The lowest BCUT2D eigenvalue weighted by molar-refractivity contribution is 0.107. The lowest BCUT2D eigenvalue weighted by Gasteiger charge is -2.30. The van der Waals surface area contributed by atoms with Crippen molar-refractivity contribution in [3.05, 3.63) is 26.0 Å². The van der Waals surface area contributed by atoms with Crippen molar-refractivity contribution in [3.8, 4) is 6.01 Å². The Kier molecular flexibility index (Phi) is 3.83. The first-order chi connectivity index (χ1) is 13.0. The fourth-order valence-electron chi connectivity index (χ4n) is 4.37. The molecule has 3 aromatic rings. The van der Waals surface area contributed by atoms with Crippen LogP contribution >= 0.6 is 22.6 Å². The molecule has 142 valence electrons. The van der Waals surface area contributed by atoms with Gasteiger partial charge in [-0.2, -0.15) is 10.1 Å². The molecule has 0 radical (unpaired) electrons. The van der Waals surface area contributed by atoms with E-state index in [0.29, 0.717) is 46.1 Å². The molecule has 0 bridgehead atoms. The van der Waals surface area contributed by atoms with Gasteiger partial charge < -0.3 is 9.15 Å². The summed E-state index contributed by atoms with van der Waals surface area (Å²) in [6.45, 7) is 1.91. The van der Waals surface area contributed by atoms with Crippen LogP contribution in [0, 0.1) is 3.70 Å². The Morgan fingerprint density at radius 1 is 1.52 bits per heavy atom. The maximum atomic E-state index is 13.0. The van der Waals surface area contributed by atoms with Crippen LogP contribution < -0.4 is 10.3 Å². The Balaban J connectivity index is 1.48. The standard InChI is InChI=1S/C17H17FIN5O3/c1-23-11-10-14(25)20-16(21-15(10)27-12(11)13(19)22-23)26-8-17-3-2-4-24(17)7-9(5-17)6-18/h6H,2-5,7-8H2,1H3,(H,20,21,25)/b9-6-/t17-/m0/s1. The highest BCUT2D eigenvalue weighted by atomic mass is 127. The van der Waals surface area contributed by atoms with Gasteiger partial charge in [-0.15, -0.1) is 0 Å². The zero-order chi connectivity index (χ0) is 18.8. The van der Waals surface area contributed by atoms with Gasteiger partial charge in [0, 0.05) is 13.6 Å². The maximum Gasteiger partial charge on any atom is 0.299 e. The molecule has 8 nitrogen and oxygen atoms in total. The van der Waals surface area contributed by atoms with E-state index >= 15 is 0 Å². The van der Waals surface area contributed by atoms with Crippen molar-refractivity contribution in [1.82, 2.24) is 24.6 Å². The molecule has 1 N–H and O–H groups in total. The van der Waals surface area contributed by atoms with Gasteiger partial charge in [-0.05, 0) is 54.0 Å². The van der Waals surface area contributed by atoms with Gasteiger partial charge in [0.25, 0.3) is 11.6 Å². The molecule has 3 aromatic heterocycles. The number of aromatic nitrogens is 4. The van der Waals surface area contributed by atoms with Crippen LogP contribution in [-0.4, -0.2) is 49.9 Å². The molecule has 2 aliphatic heterocycles. The summed E-state index contributed by atoms with van der Waals surface area (Å²) in [6, 6.07) is 0.119. The Morgan fingerprint density at radius 2 is 2.37 bits per heavy atom. The number of hydrogen-bond donors (Lipinski definition) is 1. The van der Waals surface area contributed by atoms with Crippen LogP contribution in [0.15, 0.2) is 21.1 Å². The van der Waals surface area contributed by atoms with Gasteiger partial charge in [0.2, 0.25) is 5.71 Å². The highest BCUT2D eigenvalue weighted by Crippen LogP contribution is 2.41. The maximum absolute atomic E-state index is 13.0. The van der Waals surface area contributed by atoms with Crippen molar-refractivity contribution in [2.24, 2.45) is 7.05 Å². The monoisotopic (exact) mass is 485 g/mol. The third-order valence-corrected chi connectivity index (χ3v) is 6.29. The van der Waals surface area contributed by atoms with Crippen LogP contribution in [0.3, 0.4) is 0 Å². The lowest BCUT2D eigenvalue weighted by Crippen LogP contribution is -2.43. The number of aromatic amines is 1. The third kappa shape index (κ3) is 2.53. The predicted molar refractivity (Wildman–Crippen MR) is 104 cm³/mol. The molecule has 5 heterocycles. The zero-order valence-corrected chi connectivity index (χ0v) is 16.7. The number of aryl methyl sites for hydroxylation is 1. The second-order valence-corrected chi connectivity index (χ2v) is 8.25. The largest absolute Gasteiger partial charge is 0.463 e. The van der Waals surface area contributed by atoms with Crippen molar-refractivity contribution in [3.63, 3.8) is 0 Å². The Labute approximate surface area is 166 Å². The molecule has 0 spiro atoms. The van der Waals surface area contributed by atoms with Gasteiger partial charge in [-0.3, -0.25) is 19.4 Å². The first-order valence-corrected chi connectivity index (χ1v) is 9.80. The van der Waals surface area contributed by atoms with Crippen molar-refractivity contribution in [2.75, 3.05) is 19.7 Å². The number of nitrogens with zero attached hydrogens (tertiary/aromatic N) is 4. The molecule has 2 aliphatic rings. The molecule has 2 saturated heterocycles. The molecule has 2 fully saturated rings. The molecule has 1 atom stereocenters. The number of rotatable bonds is 3. The number of fused-ring (bicyclic) bond motifs is 4. The van der Waals surface area contributed by atoms with Crippen LogP contribution in [-0.2, 0) is 7.05 Å². The summed E-state index contributed by atoms with van der Waals surface area (Å²) in [5.41, 5.74) is 1.62. The van der Waals surface area contributed by atoms with Crippen molar-refractivity contribution in [1.29, 1.82) is 0 Å². The summed E-state index contributed by atoms with van der Waals surface area (Å²) >= 11 is 2.06. The Morgan fingerprint density at radius 3 is 3.19 bits per heavy atom. The summed E-state index contributed by atoms with van der Waals surface area (Å²) in [7, 11) is 1.76. The molecule has 0 unspecified atom stereocenters. The van der Waals surface area contributed by atoms with E-state index in [1.165, 1.54) is 0 Å². The van der Waals surface area contributed by atoms with E-state index in [1.54, 1.807) is 11.7 Å². The quantitative estimate of drug-likeness (QED) is 0.574. The normalized spacial score (nSPS) is 24.5. The molecule has 0 amide bonds. The average Bonchev–Trinajstić information content (AvgIpc) is 3.34.